The van der Waals surface area contributed by atoms with E-state index < -0.39 is 0 Å². The third-order valence-electron chi connectivity index (χ3n) is 1.59. The van der Waals surface area contributed by atoms with Crippen molar-refractivity contribution in [3.8, 4) is 0 Å². The van der Waals surface area contributed by atoms with Gasteiger partial charge in [0.1, 0.15) is 0 Å². The molecule has 0 unspecified atom stereocenters. The lowest BCUT2D eigenvalue weighted by molar-refractivity contribution is -0.117. The molecule has 1 rings (SSSR count). The maximum Gasteiger partial charge on any atom is 0.262 e. The molecule has 1 heterocycles. The minimum atomic E-state index is -0.328. The zero-order valence-corrected chi connectivity index (χ0v) is 8.14. The van der Waals surface area contributed by atoms with Gasteiger partial charge in [-0.15, -0.1) is 0 Å². The predicted octanol–water partition coefficient (Wildman–Crippen LogP) is 1.39. The maximum absolute atomic E-state index is 11.0. The maximum atomic E-state index is 11.0. The second kappa shape index (κ2) is 4.14. The first-order chi connectivity index (χ1) is 6.09. The van der Waals surface area contributed by atoms with Crippen LogP contribution < -0.4 is 5.32 Å². The van der Waals surface area contributed by atoms with Crippen LogP contribution >= 0.6 is 11.6 Å². The van der Waals surface area contributed by atoms with Crippen LogP contribution in [-0.2, 0) is 18.4 Å². The van der Waals surface area contributed by atoms with Crippen LogP contribution in [0, 0.1) is 0 Å². The Morgan fingerprint density at radius 2 is 2.46 bits per heavy atom. The fourth-order valence-corrected chi connectivity index (χ4v) is 1.01. The van der Waals surface area contributed by atoms with Crippen molar-refractivity contribution in [1.82, 2.24) is 9.88 Å². The summed E-state index contributed by atoms with van der Waals surface area (Å²) in [6.45, 7) is 3.80. The van der Waals surface area contributed by atoms with Crippen molar-refractivity contribution in [3.05, 3.63) is 35.6 Å². The molecule has 0 aromatic carbocycles. The van der Waals surface area contributed by atoms with Gasteiger partial charge in [0.2, 0.25) is 0 Å². The molecular formula is C9H11ClN2O. The Morgan fingerprint density at radius 1 is 1.77 bits per heavy atom. The number of hydrogen-bond acceptors (Lipinski definition) is 1. The molecule has 1 aromatic rings. The number of nitrogens with zero attached hydrogens (tertiary/aromatic N) is 1. The molecule has 0 atom stereocenters. The monoisotopic (exact) mass is 198 g/mol. The van der Waals surface area contributed by atoms with E-state index in [4.69, 9.17) is 11.6 Å². The van der Waals surface area contributed by atoms with Crippen LogP contribution in [0.1, 0.15) is 5.56 Å². The molecule has 0 aliphatic heterocycles. The molecule has 0 radical (unpaired) electrons. The number of carbonyl (C=O) groups is 1. The third kappa shape index (κ3) is 2.95. The normalized spacial score (nSPS) is 9.69. The van der Waals surface area contributed by atoms with Gasteiger partial charge in [0.05, 0.1) is 5.03 Å². The summed E-state index contributed by atoms with van der Waals surface area (Å²) < 4.78 is 1.91. The number of halogens is 1. The zero-order valence-electron chi connectivity index (χ0n) is 7.38. The van der Waals surface area contributed by atoms with E-state index >= 15 is 0 Å². The Bertz CT molecular complexity index is 330. The first-order valence-corrected chi connectivity index (χ1v) is 4.21. The van der Waals surface area contributed by atoms with Gasteiger partial charge in [0, 0.05) is 26.0 Å². The van der Waals surface area contributed by atoms with E-state index in [1.165, 1.54) is 0 Å². The number of amides is 1. The number of rotatable bonds is 3. The summed E-state index contributed by atoms with van der Waals surface area (Å²) in [6, 6.07) is 1.93. The minimum Gasteiger partial charge on any atom is -0.357 e. The molecule has 0 saturated heterocycles. The second-order valence-electron chi connectivity index (χ2n) is 2.77. The summed E-state index contributed by atoms with van der Waals surface area (Å²) in [5, 5.41) is 2.64. The molecule has 0 aliphatic carbocycles. The summed E-state index contributed by atoms with van der Waals surface area (Å²) in [5.41, 5.74) is 1.04. The lowest BCUT2D eigenvalue weighted by Gasteiger charge is -2.00. The fraction of sp³-hybridized carbons (Fsp3) is 0.222. The van der Waals surface area contributed by atoms with Crippen molar-refractivity contribution in [2.75, 3.05) is 0 Å². The Hall–Kier alpha value is -1.22. The highest BCUT2D eigenvalue weighted by Gasteiger charge is 2.02. The number of hydrogen-bond donors (Lipinski definition) is 1. The SMILES string of the molecule is C=C(Cl)C(=O)NCc1ccn(C)c1. The van der Waals surface area contributed by atoms with Crippen molar-refractivity contribution in [1.29, 1.82) is 0 Å². The van der Waals surface area contributed by atoms with Gasteiger partial charge in [-0.3, -0.25) is 4.79 Å². The topological polar surface area (TPSA) is 34.0 Å². The van der Waals surface area contributed by atoms with E-state index in [1.807, 2.05) is 30.1 Å². The highest BCUT2D eigenvalue weighted by Crippen LogP contribution is 2.00. The molecule has 70 valence electrons. The zero-order chi connectivity index (χ0) is 9.84. The molecule has 0 fully saturated rings. The summed E-state index contributed by atoms with van der Waals surface area (Å²) in [4.78, 5) is 11.0. The summed E-state index contributed by atoms with van der Waals surface area (Å²) in [6.07, 6.45) is 3.84. The van der Waals surface area contributed by atoms with Crippen LogP contribution in [0.2, 0.25) is 0 Å². The molecule has 13 heavy (non-hydrogen) atoms. The van der Waals surface area contributed by atoms with Gasteiger partial charge in [0.15, 0.2) is 0 Å². The van der Waals surface area contributed by atoms with E-state index in [0.717, 1.165) is 5.56 Å². The van der Waals surface area contributed by atoms with Crippen molar-refractivity contribution in [3.63, 3.8) is 0 Å². The van der Waals surface area contributed by atoms with Gasteiger partial charge < -0.3 is 9.88 Å². The average molecular weight is 199 g/mol. The number of aromatic nitrogens is 1. The second-order valence-corrected chi connectivity index (χ2v) is 3.23. The Balaban J connectivity index is 2.44. The Labute approximate surface area is 82.0 Å². The summed E-state index contributed by atoms with van der Waals surface area (Å²) in [7, 11) is 1.92. The molecule has 0 aliphatic rings. The van der Waals surface area contributed by atoms with Crippen molar-refractivity contribution >= 4 is 17.5 Å². The van der Waals surface area contributed by atoms with E-state index in [1.54, 1.807) is 0 Å². The minimum absolute atomic E-state index is 0.0101. The first kappa shape index (κ1) is 9.86. The van der Waals surface area contributed by atoms with Gasteiger partial charge in [-0.2, -0.15) is 0 Å². The number of carbonyl (C=O) groups excluding carboxylic acids is 1. The van der Waals surface area contributed by atoms with Gasteiger partial charge in [-0.05, 0) is 11.6 Å². The molecule has 4 heteroatoms. The van der Waals surface area contributed by atoms with E-state index in [-0.39, 0.29) is 10.9 Å². The lowest BCUT2D eigenvalue weighted by Crippen LogP contribution is -2.21. The first-order valence-electron chi connectivity index (χ1n) is 3.83. The largest absolute Gasteiger partial charge is 0.357 e. The fourth-order valence-electron chi connectivity index (χ4n) is 0.944. The molecule has 0 saturated carbocycles. The number of nitrogens with one attached hydrogen (secondary N) is 1. The highest BCUT2D eigenvalue weighted by molar-refractivity contribution is 6.41. The van der Waals surface area contributed by atoms with Crippen LogP contribution in [0.15, 0.2) is 30.1 Å². The predicted molar refractivity (Wildman–Crippen MR) is 52.3 cm³/mol. The van der Waals surface area contributed by atoms with Crippen LogP contribution in [-0.4, -0.2) is 10.5 Å². The van der Waals surface area contributed by atoms with E-state index in [0.29, 0.717) is 6.54 Å². The van der Waals surface area contributed by atoms with Crippen molar-refractivity contribution in [2.45, 2.75) is 6.54 Å². The highest BCUT2D eigenvalue weighted by atomic mass is 35.5. The Kier molecular flexibility index (Phi) is 3.14. The Morgan fingerprint density at radius 3 is 2.92 bits per heavy atom. The molecule has 1 amide bonds. The van der Waals surface area contributed by atoms with Crippen molar-refractivity contribution < 1.29 is 4.79 Å². The van der Waals surface area contributed by atoms with E-state index in [9.17, 15) is 4.79 Å². The smallest absolute Gasteiger partial charge is 0.262 e. The standard InChI is InChI=1S/C9H11ClN2O/c1-7(10)9(13)11-5-8-3-4-12(2)6-8/h3-4,6H,1,5H2,2H3,(H,11,13). The molecule has 0 bridgehead atoms. The molecular weight excluding hydrogens is 188 g/mol. The van der Waals surface area contributed by atoms with Gasteiger partial charge in [-0.25, -0.2) is 0 Å². The van der Waals surface area contributed by atoms with Crippen molar-refractivity contribution in [2.24, 2.45) is 7.05 Å². The lowest BCUT2D eigenvalue weighted by atomic mass is 10.3. The third-order valence-corrected chi connectivity index (χ3v) is 1.76. The average Bonchev–Trinajstić information content (AvgIpc) is 2.47. The molecule has 1 N–H and O–H groups in total. The van der Waals surface area contributed by atoms with Gasteiger partial charge in [0.25, 0.3) is 5.91 Å². The van der Waals surface area contributed by atoms with Crippen LogP contribution in [0.4, 0.5) is 0 Å². The molecule has 3 nitrogen and oxygen atoms in total. The van der Waals surface area contributed by atoms with Gasteiger partial charge >= 0.3 is 0 Å². The van der Waals surface area contributed by atoms with Crippen LogP contribution in [0.3, 0.4) is 0 Å². The quantitative estimate of drug-likeness (QED) is 0.732. The molecule has 0 spiro atoms. The van der Waals surface area contributed by atoms with E-state index in [2.05, 4.69) is 11.9 Å². The molecule has 1 aromatic heterocycles. The summed E-state index contributed by atoms with van der Waals surface area (Å²) >= 11 is 5.39. The summed E-state index contributed by atoms with van der Waals surface area (Å²) in [5.74, 6) is -0.328. The van der Waals surface area contributed by atoms with Crippen LogP contribution in [0.25, 0.3) is 0 Å². The van der Waals surface area contributed by atoms with Gasteiger partial charge in [-0.1, -0.05) is 18.2 Å². The number of aryl methyl sites for hydroxylation is 1. The van der Waals surface area contributed by atoms with Crippen LogP contribution in [0.5, 0.6) is 0 Å².